The van der Waals surface area contributed by atoms with Crippen LogP contribution in [0.4, 0.5) is 35.1 Å². The topological polar surface area (TPSA) is 147 Å². The van der Waals surface area contributed by atoms with Gasteiger partial charge >= 0.3 is 12.1 Å². The minimum Gasteiger partial charge on any atom is -0.475 e. The maximum atomic E-state index is 14.6. The number of carboxylic acids is 1. The van der Waals surface area contributed by atoms with E-state index in [1.54, 1.807) is 23.3 Å². The molecule has 2 aromatic carbocycles. The van der Waals surface area contributed by atoms with Crippen LogP contribution in [0.2, 0.25) is 0 Å². The number of aryl methyl sites for hydroxylation is 2. The number of alkyl halides is 3. The third-order valence-corrected chi connectivity index (χ3v) is 6.67. The predicted octanol–water partition coefficient (Wildman–Crippen LogP) is 5.08. The predicted molar refractivity (Wildman–Crippen MR) is 156 cm³/mol. The Morgan fingerprint density at radius 1 is 1.02 bits per heavy atom. The van der Waals surface area contributed by atoms with Gasteiger partial charge in [-0.2, -0.15) is 23.3 Å². The maximum absolute atomic E-state index is 14.6. The molecule has 0 spiro atoms. The molecule has 3 aromatic heterocycles. The van der Waals surface area contributed by atoms with Crippen molar-refractivity contribution in [2.45, 2.75) is 20.0 Å². The molecule has 0 atom stereocenters. The Hall–Kier alpha value is -5.38. The minimum absolute atomic E-state index is 0.342. The van der Waals surface area contributed by atoms with Gasteiger partial charge in [0.05, 0.1) is 30.3 Å². The van der Waals surface area contributed by atoms with Gasteiger partial charge in [0.25, 0.3) is 0 Å². The molecule has 6 rings (SSSR count). The number of aromatic nitrogens is 7. The number of H-pyrrole nitrogens is 1. The summed E-state index contributed by atoms with van der Waals surface area (Å²) in [5.74, 6) is -2.00. The summed E-state index contributed by atoms with van der Waals surface area (Å²) < 4.78 is 53.5. The number of hydrogen-bond acceptors (Lipinski definition) is 9. The molecule has 5 aromatic rings. The number of ether oxygens (including phenoxy) is 1. The second-order valence-electron chi connectivity index (χ2n) is 9.87. The maximum Gasteiger partial charge on any atom is 0.490 e. The van der Waals surface area contributed by atoms with Crippen LogP contribution in [-0.2, 0) is 9.53 Å². The lowest BCUT2D eigenvalue weighted by atomic mass is 10.00. The molecule has 0 amide bonds. The fourth-order valence-corrected chi connectivity index (χ4v) is 4.55. The van der Waals surface area contributed by atoms with Gasteiger partial charge in [0, 0.05) is 41.8 Å². The third kappa shape index (κ3) is 7.59. The van der Waals surface area contributed by atoms with Crippen molar-refractivity contribution in [3.8, 4) is 28.1 Å². The molecule has 0 unspecified atom stereocenters. The van der Waals surface area contributed by atoms with E-state index in [1.807, 2.05) is 44.2 Å². The number of anilines is 3. The first-order chi connectivity index (χ1) is 21.5. The van der Waals surface area contributed by atoms with Gasteiger partial charge in [-0.3, -0.25) is 5.10 Å². The standard InChI is InChI=1S/C27H26FN9O.C2HF3O2/c1-17-25(18(2)34-33-17)20-13-19(14-21(28)15-20)24-7-8-29-26(32-24)31-22-3-5-23(6-4-22)37-16-30-27(35-37)36-9-11-38-12-10-36;3-2(4,5)1(6)7/h3-8,13-16H,9-12H2,1-2H3,(H,33,34)(H,29,31,32);(H,6,7). The van der Waals surface area contributed by atoms with E-state index in [4.69, 9.17) is 14.6 Å². The van der Waals surface area contributed by atoms with Crippen molar-refractivity contribution in [1.82, 2.24) is 34.9 Å². The van der Waals surface area contributed by atoms with E-state index in [-0.39, 0.29) is 5.82 Å². The number of aliphatic carboxylic acids is 1. The highest BCUT2D eigenvalue weighted by atomic mass is 19.4. The Kier molecular flexibility index (Phi) is 9.03. The molecule has 0 radical (unpaired) electrons. The van der Waals surface area contributed by atoms with Crippen molar-refractivity contribution in [3.05, 3.63) is 78.3 Å². The van der Waals surface area contributed by atoms with Crippen LogP contribution < -0.4 is 10.2 Å². The van der Waals surface area contributed by atoms with Crippen LogP contribution in [0.5, 0.6) is 0 Å². The van der Waals surface area contributed by atoms with E-state index >= 15 is 0 Å². The molecule has 0 bridgehead atoms. The van der Waals surface area contributed by atoms with Gasteiger partial charge in [0.1, 0.15) is 12.1 Å². The number of nitrogens with one attached hydrogen (secondary N) is 2. The van der Waals surface area contributed by atoms with Crippen LogP contribution >= 0.6 is 0 Å². The van der Waals surface area contributed by atoms with Gasteiger partial charge in [-0.15, -0.1) is 5.10 Å². The first-order valence-electron chi connectivity index (χ1n) is 13.6. The Bertz CT molecular complexity index is 1760. The summed E-state index contributed by atoms with van der Waals surface area (Å²) in [4.78, 5) is 24.4. The molecule has 16 heteroatoms. The van der Waals surface area contributed by atoms with E-state index < -0.39 is 12.1 Å². The van der Waals surface area contributed by atoms with Crippen LogP contribution in [0.25, 0.3) is 28.1 Å². The molecule has 3 N–H and O–H groups in total. The average Bonchev–Trinajstić information content (AvgIpc) is 3.64. The van der Waals surface area contributed by atoms with Crippen molar-refractivity contribution >= 4 is 23.6 Å². The zero-order valence-electron chi connectivity index (χ0n) is 24.0. The lowest BCUT2D eigenvalue weighted by Crippen LogP contribution is -2.37. The van der Waals surface area contributed by atoms with Gasteiger partial charge in [-0.05, 0) is 67.9 Å². The molecule has 4 heterocycles. The van der Waals surface area contributed by atoms with Crippen LogP contribution in [0.3, 0.4) is 0 Å². The lowest BCUT2D eigenvalue weighted by molar-refractivity contribution is -0.192. The molecule has 12 nitrogen and oxygen atoms in total. The quantitative estimate of drug-likeness (QED) is 0.218. The largest absolute Gasteiger partial charge is 0.490 e. The van der Waals surface area contributed by atoms with E-state index in [1.165, 1.54) is 12.1 Å². The van der Waals surface area contributed by atoms with Crippen molar-refractivity contribution < 1.29 is 32.2 Å². The number of benzene rings is 2. The SMILES string of the molecule is Cc1n[nH]c(C)c1-c1cc(F)cc(-c2ccnc(Nc3ccc(-n4cnc(N5CCOCC5)n4)cc3)n2)c1.O=C(O)C(F)(F)F. The third-order valence-electron chi connectivity index (χ3n) is 6.67. The summed E-state index contributed by atoms with van der Waals surface area (Å²) in [5.41, 5.74) is 6.30. The first-order valence-corrected chi connectivity index (χ1v) is 13.6. The summed E-state index contributed by atoms with van der Waals surface area (Å²) in [5, 5.41) is 22.1. The molecular weight excluding hydrogens is 598 g/mol. The van der Waals surface area contributed by atoms with Crippen molar-refractivity contribution in [2.75, 3.05) is 36.5 Å². The number of hydrogen-bond donors (Lipinski definition) is 3. The Morgan fingerprint density at radius 2 is 1.71 bits per heavy atom. The number of rotatable bonds is 6. The van der Waals surface area contributed by atoms with Crippen molar-refractivity contribution in [2.24, 2.45) is 0 Å². The highest BCUT2D eigenvalue weighted by Gasteiger charge is 2.38. The number of carboxylic acid groups (broad SMARTS) is 1. The second kappa shape index (κ2) is 13.1. The van der Waals surface area contributed by atoms with E-state index in [9.17, 15) is 17.6 Å². The molecule has 1 fully saturated rings. The van der Waals surface area contributed by atoms with Crippen LogP contribution in [0.1, 0.15) is 11.4 Å². The number of carbonyl (C=O) groups is 1. The normalized spacial score (nSPS) is 13.2. The molecule has 1 saturated heterocycles. The number of aromatic amines is 1. The first kappa shape index (κ1) is 31.1. The number of halogens is 4. The number of nitrogens with zero attached hydrogens (tertiary/aromatic N) is 7. The van der Waals surface area contributed by atoms with E-state index in [0.29, 0.717) is 36.4 Å². The molecule has 234 valence electrons. The molecule has 1 aliphatic rings. The van der Waals surface area contributed by atoms with Gasteiger partial charge in [0.15, 0.2) is 0 Å². The highest BCUT2D eigenvalue weighted by molar-refractivity contribution is 5.75. The zero-order valence-corrected chi connectivity index (χ0v) is 24.0. The average molecular weight is 626 g/mol. The lowest BCUT2D eigenvalue weighted by Gasteiger charge is -2.25. The van der Waals surface area contributed by atoms with Gasteiger partial charge in [-0.1, -0.05) is 0 Å². The highest BCUT2D eigenvalue weighted by Crippen LogP contribution is 2.31. The van der Waals surface area contributed by atoms with Gasteiger partial charge < -0.3 is 20.1 Å². The fraction of sp³-hybridized carbons (Fsp3) is 0.241. The summed E-state index contributed by atoms with van der Waals surface area (Å²) in [6.45, 7) is 6.75. The van der Waals surface area contributed by atoms with E-state index in [2.05, 4.69) is 40.5 Å². The number of morpholine rings is 1. The smallest absolute Gasteiger partial charge is 0.475 e. The van der Waals surface area contributed by atoms with Crippen molar-refractivity contribution in [3.63, 3.8) is 0 Å². The van der Waals surface area contributed by atoms with Crippen molar-refractivity contribution in [1.29, 1.82) is 0 Å². The van der Waals surface area contributed by atoms with Crippen LogP contribution in [0.15, 0.2) is 61.1 Å². The molecule has 1 aliphatic heterocycles. The fourth-order valence-electron chi connectivity index (χ4n) is 4.55. The Morgan fingerprint density at radius 3 is 2.36 bits per heavy atom. The monoisotopic (exact) mass is 625 g/mol. The van der Waals surface area contributed by atoms with Crippen LogP contribution in [-0.4, -0.2) is 78.5 Å². The molecule has 0 aliphatic carbocycles. The second-order valence-corrected chi connectivity index (χ2v) is 9.87. The molecule has 0 saturated carbocycles. The summed E-state index contributed by atoms with van der Waals surface area (Å²) >= 11 is 0. The van der Waals surface area contributed by atoms with E-state index in [0.717, 1.165) is 47.0 Å². The summed E-state index contributed by atoms with van der Waals surface area (Å²) in [6.07, 6.45) is -1.72. The van der Waals surface area contributed by atoms with Gasteiger partial charge in [-0.25, -0.2) is 23.8 Å². The van der Waals surface area contributed by atoms with Gasteiger partial charge in [0.2, 0.25) is 11.9 Å². The Balaban J connectivity index is 0.000000515. The van der Waals surface area contributed by atoms with Crippen LogP contribution in [0, 0.1) is 19.7 Å². The molecule has 45 heavy (non-hydrogen) atoms. The molecular formula is C29H27F4N9O3. The zero-order chi connectivity index (χ0) is 32.1. The summed E-state index contributed by atoms with van der Waals surface area (Å²) in [6, 6.07) is 14.4. The summed E-state index contributed by atoms with van der Waals surface area (Å²) in [7, 11) is 0. The minimum atomic E-state index is -5.08. The Labute approximate surface area is 253 Å².